The average molecular weight is 208 g/mol. The van der Waals surface area contributed by atoms with Crippen LogP contribution in [0.4, 0.5) is 8.78 Å². The fourth-order valence-electron chi connectivity index (χ4n) is 1.12. The molecule has 0 aromatic heterocycles. The van der Waals surface area contributed by atoms with E-state index < -0.39 is 11.6 Å². The van der Waals surface area contributed by atoms with Gasteiger partial charge in [0, 0.05) is 5.56 Å². The summed E-state index contributed by atoms with van der Waals surface area (Å²) in [6.45, 7) is 8.89. The van der Waals surface area contributed by atoms with Crippen LogP contribution in [0.15, 0.2) is 29.9 Å². The Kier molecular flexibility index (Phi) is 3.40. The number of hydrogen-bond acceptors (Lipinski definition) is 0. The SMILES string of the molecule is C=C(C)/C(C)=C/c1cc(F)c(C)c(F)c1. The molecule has 0 spiro atoms. The Hall–Kier alpha value is -1.44. The molecule has 0 amide bonds. The molecule has 0 nitrogen and oxygen atoms in total. The van der Waals surface area contributed by atoms with E-state index >= 15 is 0 Å². The van der Waals surface area contributed by atoms with Gasteiger partial charge in [-0.15, -0.1) is 0 Å². The summed E-state index contributed by atoms with van der Waals surface area (Å²) in [6, 6.07) is 2.65. The molecule has 0 bridgehead atoms. The van der Waals surface area contributed by atoms with Crippen molar-refractivity contribution in [1.29, 1.82) is 0 Å². The van der Waals surface area contributed by atoms with Crippen molar-refractivity contribution in [2.45, 2.75) is 20.8 Å². The summed E-state index contributed by atoms with van der Waals surface area (Å²) in [5, 5.41) is 0. The first kappa shape index (κ1) is 11.6. The lowest BCUT2D eigenvalue weighted by atomic mass is 10.1. The van der Waals surface area contributed by atoms with Gasteiger partial charge in [0.1, 0.15) is 11.6 Å². The van der Waals surface area contributed by atoms with Gasteiger partial charge in [-0.05, 0) is 44.0 Å². The number of hydrogen-bond donors (Lipinski definition) is 0. The predicted molar refractivity (Wildman–Crippen MR) is 59.6 cm³/mol. The van der Waals surface area contributed by atoms with Gasteiger partial charge in [0.2, 0.25) is 0 Å². The molecule has 1 aromatic rings. The first-order valence-electron chi connectivity index (χ1n) is 4.71. The molecule has 0 fully saturated rings. The van der Waals surface area contributed by atoms with Gasteiger partial charge in [-0.25, -0.2) is 8.78 Å². The molecule has 0 aliphatic heterocycles. The first-order chi connectivity index (χ1) is 6.91. The summed E-state index contributed by atoms with van der Waals surface area (Å²) in [4.78, 5) is 0. The van der Waals surface area contributed by atoms with E-state index in [0.717, 1.165) is 11.1 Å². The molecule has 2 heteroatoms. The summed E-state index contributed by atoms with van der Waals surface area (Å²) >= 11 is 0. The number of allylic oxidation sites excluding steroid dienone is 2. The minimum atomic E-state index is -0.518. The Morgan fingerprint density at radius 2 is 1.67 bits per heavy atom. The normalized spacial score (nSPS) is 11.7. The molecule has 0 radical (unpaired) electrons. The molecule has 0 unspecified atom stereocenters. The van der Waals surface area contributed by atoms with Crippen molar-refractivity contribution in [2.75, 3.05) is 0 Å². The Morgan fingerprint density at radius 1 is 1.20 bits per heavy atom. The standard InChI is InChI=1S/C13H14F2/c1-8(2)9(3)5-11-6-12(14)10(4)13(15)7-11/h5-7H,1H2,2-4H3/b9-5+. The monoisotopic (exact) mass is 208 g/mol. The van der Waals surface area contributed by atoms with Crippen LogP contribution >= 0.6 is 0 Å². The maximum Gasteiger partial charge on any atom is 0.129 e. The smallest absolute Gasteiger partial charge is 0.129 e. The van der Waals surface area contributed by atoms with Crippen LogP contribution < -0.4 is 0 Å². The van der Waals surface area contributed by atoms with Crippen LogP contribution in [0, 0.1) is 18.6 Å². The minimum absolute atomic E-state index is 0.0557. The maximum absolute atomic E-state index is 13.2. The molecule has 0 saturated heterocycles. The zero-order valence-corrected chi connectivity index (χ0v) is 9.20. The predicted octanol–water partition coefficient (Wildman–Crippen LogP) is 4.25. The van der Waals surface area contributed by atoms with Gasteiger partial charge in [0.05, 0.1) is 0 Å². The molecule has 0 N–H and O–H groups in total. The highest BCUT2D eigenvalue weighted by atomic mass is 19.1. The zero-order valence-electron chi connectivity index (χ0n) is 9.20. The first-order valence-corrected chi connectivity index (χ1v) is 4.71. The van der Waals surface area contributed by atoms with Crippen molar-refractivity contribution in [2.24, 2.45) is 0 Å². The quantitative estimate of drug-likeness (QED) is 0.637. The van der Waals surface area contributed by atoms with Gasteiger partial charge in [-0.1, -0.05) is 18.2 Å². The third-order valence-corrected chi connectivity index (χ3v) is 2.36. The van der Waals surface area contributed by atoms with Gasteiger partial charge in [0.15, 0.2) is 0 Å². The molecule has 0 aliphatic rings. The lowest BCUT2D eigenvalue weighted by Crippen LogP contribution is -1.90. The molecule has 0 aliphatic carbocycles. The Bertz CT molecular complexity index is 405. The van der Waals surface area contributed by atoms with Crippen molar-refractivity contribution in [3.63, 3.8) is 0 Å². The van der Waals surface area contributed by atoms with Crippen LogP contribution in [0.5, 0.6) is 0 Å². The van der Waals surface area contributed by atoms with Crippen LogP contribution in [-0.4, -0.2) is 0 Å². The second kappa shape index (κ2) is 4.39. The fourth-order valence-corrected chi connectivity index (χ4v) is 1.12. The van der Waals surface area contributed by atoms with Crippen molar-refractivity contribution in [3.8, 4) is 0 Å². The lowest BCUT2D eigenvalue weighted by molar-refractivity contribution is 0.567. The molecule has 0 atom stereocenters. The zero-order chi connectivity index (χ0) is 11.6. The Balaban J connectivity index is 3.18. The number of benzene rings is 1. The van der Waals surface area contributed by atoms with E-state index in [4.69, 9.17) is 0 Å². The molecule has 0 heterocycles. The van der Waals surface area contributed by atoms with E-state index in [2.05, 4.69) is 6.58 Å². The second-order valence-electron chi connectivity index (χ2n) is 3.72. The summed E-state index contributed by atoms with van der Waals surface area (Å²) < 4.78 is 26.4. The second-order valence-corrected chi connectivity index (χ2v) is 3.72. The van der Waals surface area contributed by atoms with Gasteiger partial charge in [0.25, 0.3) is 0 Å². The Morgan fingerprint density at radius 3 is 2.07 bits per heavy atom. The van der Waals surface area contributed by atoms with E-state index in [9.17, 15) is 8.78 Å². The summed E-state index contributed by atoms with van der Waals surface area (Å²) in [5.41, 5.74) is 2.38. The molecular weight excluding hydrogens is 194 g/mol. The Labute approximate surface area is 88.9 Å². The van der Waals surface area contributed by atoms with E-state index in [1.165, 1.54) is 19.1 Å². The lowest BCUT2D eigenvalue weighted by Gasteiger charge is -2.03. The highest BCUT2D eigenvalue weighted by Gasteiger charge is 2.05. The van der Waals surface area contributed by atoms with Gasteiger partial charge in [-0.3, -0.25) is 0 Å². The van der Waals surface area contributed by atoms with Crippen LogP contribution in [0.3, 0.4) is 0 Å². The van der Waals surface area contributed by atoms with Crippen LogP contribution in [0.25, 0.3) is 6.08 Å². The van der Waals surface area contributed by atoms with E-state index in [0.29, 0.717) is 5.56 Å². The van der Waals surface area contributed by atoms with E-state index in [1.54, 1.807) is 6.08 Å². The molecular formula is C13H14F2. The van der Waals surface area contributed by atoms with Crippen molar-refractivity contribution in [3.05, 3.63) is 52.6 Å². The van der Waals surface area contributed by atoms with Crippen molar-refractivity contribution >= 4 is 6.08 Å². The summed E-state index contributed by atoms with van der Waals surface area (Å²) in [5.74, 6) is -1.04. The van der Waals surface area contributed by atoms with Crippen molar-refractivity contribution < 1.29 is 8.78 Å². The molecule has 0 saturated carbocycles. The van der Waals surface area contributed by atoms with E-state index in [-0.39, 0.29) is 5.56 Å². The third-order valence-electron chi connectivity index (χ3n) is 2.36. The number of halogens is 2. The van der Waals surface area contributed by atoms with Crippen LogP contribution in [-0.2, 0) is 0 Å². The third kappa shape index (κ3) is 2.75. The molecule has 1 rings (SSSR count). The van der Waals surface area contributed by atoms with Crippen LogP contribution in [0.1, 0.15) is 25.0 Å². The van der Waals surface area contributed by atoms with Crippen molar-refractivity contribution in [1.82, 2.24) is 0 Å². The summed E-state index contributed by atoms with van der Waals surface area (Å²) in [7, 11) is 0. The molecule has 1 aromatic carbocycles. The summed E-state index contributed by atoms with van der Waals surface area (Å²) in [6.07, 6.45) is 1.72. The average Bonchev–Trinajstić information content (AvgIpc) is 2.13. The topological polar surface area (TPSA) is 0 Å². The maximum atomic E-state index is 13.2. The highest BCUT2D eigenvalue weighted by molar-refractivity contribution is 5.57. The van der Waals surface area contributed by atoms with E-state index in [1.807, 2.05) is 13.8 Å². The minimum Gasteiger partial charge on any atom is -0.207 e. The van der Waals surface area contributed by atoms with Gasteiger partial charge in [-0.2, -0.15) is 0 Å². The molecule has 15 heavy (non-hydrogen) atoms. The largest absolute Gasteiger partial charge is 0.207 e. The van der Waals surface area contributed by atoms with Crippen LogP contribution in [0.2, 0.25) is 0 Å². The molecule has 80 valence electrons. The van der Waals surface area contributed by atoms with Gasteiger partial charge < -0.3 is 0 Å². The highest BCUT2D eigenvalue weighted by Crippen LogP contribution is 2.18. The van der Waals surface area contributed by atoms with Gasteiger partial charge >= 0.3 is 0 Å². The fraction of sp³-hybridized carbons (Fsp3) is 0.231. The number of rotatable bonds is 2.